The van der Waals surface area contributed by atoms with E-state index in [0.717, 1.165) is 12.8 Å². The van der Waals surface area contributed by atoms with Gasteiger partial charge in [0.15, 0.2) is 0 Å². The second kappa shape index (κ2) is 11.4. The van der Waals surface area contributed by atoms with E-state index in [9.17, 15) is 0 Å². The van der Waals surface area contributed by atoms with Gasteiger partial charge in [0, 0.05) is 28.4 Å². The number of hydrogen-bond donors (Lipinski definition) is 0. The molecule has 2 nitrogen and oxygen atoms in total. The number of benzene rings is 4. The van der Waals surface area contributed by atoms with Gasteiger partial charge in [0.1, 0.15) is 0 Å². The summed E-state index contributed by atoms with van der Waals surface area (Å²) in [7, 11) is 0. The predicted molar refractivity (Wildman–Crippen MR) is 167 cm³/mol. The lowest BCUT2D eigenvalue weighted by molar-refractivity contribution is 0.726. The molecule has 0 spiro atoms. The fourth-order valence-electron chi connectivity index (χ4n) is 5.49. The number of anilines is 4. The van der Waals surface area contributed by atoms with Gasteiger partial charge in [-0.3, -0.25) is 0 Å². The van der Waals surface area contributed by atoms with Crippen LogP contribution < -0.4 is 9.80 Å². The molecule has 0 bridgehead atoms. The first-order valence-corrected chi connectivity index (χ1v) is 13.9. The van der Waals surface area contributed by atoms with Crippen LogP contribution in [-0.4, -0.2) is 6.04 Å². The van der Waals surface area contributed by atoms with Gasteiger partial charge in [0.25, 0.3) is 0 Å². The quantitative estimate of drug-likeness (QED) is 0.246. The minimum atomic E-state index is 0.303. The van der Waals surface area contributed by atoms with Crippen molar-refractivity contribution in [3.8, 4) is 11.1 Å². The molecule has 6 rings (SSSR count). The van der Waals surface area contributed by atoms with Crippen LogP contribution >= 0.6 is 0 Å². The summed E-state index contributed by atoms with van der Waals surface area (Å²) in [5.74, 6) is 0.532. The summed E-state index contributed by atoms with van der Waals surface area (Å²) >= 11 is 0. The average molecular weight is 507 g/mol. The van der Waals surface area contributed by atoms with Gasteiger partial charge in [-0.05, 0) is 84.5 Å². The fraction of sp³-hybridized carbons (Fsp3) is 0.135. The van der Waals surface area contributed by atoms with E-state index in [-0.39, 0.29) is 0 Å². The Morgan fingerprint density at radius 1 is 0.564 bits per heavy atom. The highest BCUT2D eigenvalue weighted by Crippen LogP contribution is 2.36. The van der Waals surface area contributed by atoms with Crippen LogP contribution in [0.2, 0.25) is 0 Å². The molecule has 2 aliphatic carbocycles. The van der Waals surface area contributed by atoms with E-state index in [1.54, 1.807) is 0 Å². The SMILES string of the molecule is CC1C=C(N(c2ccccc2)c2ccc(-c3ccc(N(c4ccccc4)C4C=CC=CC4)cc3)cc2)C=CC1. The van der Waals surface area contributed by atoms with Gasteiger partial charge in [-0.1, -0.05) is 104 Å². The molecular formula is C37H34N2. The molecule has 4 aromatic rings. The molecule has 0 radical (unpaired) electrons. The maximum absolute atomic E-state index is 2.43. The van der Waals surface area contributed by atoms with Gasteiger partial charge >= 0.3 is 0 Å². The predicted octanol–water partition coefficient (Wildman–Crippen LogP) is 9.99. The third-order valence-electron chi connectivity index (χ3n) is 7.45. The molecule has 2 aliphatic rings. The van der Waals surface area contributed by atoms with E-state index in [4.69, 9.17) is 0 Å². The molecule has 4 aromatic carbocycles. The maximum atomic E-state index is 2.43. The molecule has 0 saturated heterocycles. The molecule has 2 heteroatoms. The Morgan fingerprint density at radius 3 is 1.72 bits per heavy atom. The highest BCUT2D eigenvalue weighted by Gasteiger charge is 2.19. The molecule has 39 heavy (non-hydrogen) atoms. The van der Waals surface area contributed by atoms with Gasteiger partial charge in [-0.25, -0.2) is 0 Å². The van der Waals surface area contributed by atoms with Crippen LogP contribution in [0.5, 0.6) is 0 Å². The maximum Gasteiger partial charge on any atom is 0.0559 e. The standard InChI is InChI=1S/C37H34N2/c1-29-12-11-19-37(28-29)39(34-17-9-4-10-18-34)36-26-22-31(23-27-36)30-20-24-35(25-21-30)38(32-13-5-2-6-14-32)33-15-7-3-8-16-33/h2-11,13-15,17-29,33H,12,16H2,1H3. The molecule has 0 aliphatic heterocycles. The Kier molecular flexibility index (Phi) is 7.27. The van der Waals surface area contributed by atoms with Crippen LogP contribution in [0.3, 0.4) is 0 Å². The van der Waals surface area contributed by atoms with Crippen molar-refractivity contribution >= 4 is 22.7 Å². The van der Waals surface area contributed by atoms with Crippen LogP contribution in [0.25, 0.3) is 11.1 Å². The first-order chi connectivity index (χ1) is 19.3. The summed E-state index contributed by atoms with van der Waals surface area (Å²) in [4.78, 5) is 4.78. The van der Waals surface area contributed by atoms with Crippen molar-refractivity contribution in [2.24, 2.45) is 5.92 Å². The Morgan fingerprint density at radius 2 is 1.13 bits per heavy atom. The minimum Gasteiger partial charge on any atom is -0.334 e. The molecule has 2 unspecified atom stereocenters. The average Bonchev–Trinajstić information content (AvgIpc) is 3.00. The third-order valence-corrected chi connectivity index (χ3v) is 7.45. The van der Waals surface area contributed by atoms with Crippen LogP contribution in [-0.2, 0) is 0 Å². The first kappa shape index (κ1) is 24.8. The summed E-state index contributed by atoms with van der Waals surface area (Å²) in [6.45, 7) is 2.28. The van der Waals surface area contributed by atoms with Crippen molar-refractivity contribution in [3.05, 3.63) is 157 Å². The van der Waals surface area contributed by atoms with Gasteiger partial charge in [0.2, 0.25) is 0 Å². The molecule has 0 saturated carbocycles. The van der Waals surface area contributed by atoms with Crippen LogP contribution in [0.4, 0.5) is 22.7 Å². The molecule has 0 N–H and O–H groups in total. The molecule has 0 fully saturated rings. The van der Waals surface area contributed by atoms with Crippen molar-refractivity contribution in [2.75, 3.05) is 9.80 Å². The highest BCUT2D eigenvalue weighted by atomic mass is 15.2. The smallest absolute Gasteiger partial charge is 0.0559 e. The zero-order chi connectivity index (χ0) is 26.4. The van der Waals surface area contributed by atoms with Gasteiger partial charge < -0.3 is 9.80 Å². The van der Waals surface area contributed by atoms with E-state index in [0.29, 0.717) is 12.0 Å². The van der Waals surface area contributed by atoms with Crippen molar-refractivity contribution in [1.29, 1.82) is 0 Å². The molecule has 0 heterocycles. The second-order valence-electron chi connectivity index (χ2n) is 10.3. The van der Waals surface area contributed by atoms with Crippen molar-refractivity contribution in [3.63, 3.8) is 0 Å². The van der Waals surface area contributed by atoms with Gasteiger partial charge in [-0.2, -0.15) is 0 Å². The Balaban J connectivity index is 1.29. The zero-order valence-electron chi connectivity index (χ0n) is 22.4. The Hall–Kier alpha value is -4.56. The van der Waals surface area contributed by atoms with E-state index in [2.05, 4.69) is 168 Å². The van der Waals surface area contributed by atoms with Crippen molar-refractivity contribution in [2.45, 2.75) is 25.8 Å². The molecular weight excluding hydrogens is 472 g/mol. The van der Waals surface area contributed by atoms with Gasteiger partial charge in [-0.15, -0.1) is 0 Å². The van der Waals surface area contributed by atoms with Crippen LogP contribution in [0.15, 0.2) is 157 Å². The lowest BCUT2D eigenvalue weighted by Gasteiger charge is -2.32. The first-order valence-electron chi connectivity index (χ1n) is 13.9. The summed E-state index contributed by atoms with van der Waals surface area (Å²) < 4.78 is 0. The molecule has 192 valence electrons. The minimum absolute atomic E-state index is 0.303. The summed E-state index contributed by atoms with van der Waals surface area (Å²) in [6.07, 6.45) is 17.8. The van der Waals surface area contributed by atoms with Crippen molar-refractivity contribution in [1.82, 2.24) is 0 Å². The number of hydrogen-bond acceptors (Lipinski definition) is 2. The lowest BCUT2D eigenvalue weighted by atomic mass is 9.99. The second-order valence-corrected chi connectivity index (χ2v) is 10.3. The summed E-state index contributed by atoms with van der Waals surface area (Å²) in [5.41, 5.74) is 8.41. The van der Waals surface area contributed by atoms with E-state index < -0.39 is 0 Å². The largest absolute Gasteiger partial charge is 0.334 e. The lowest BCUT2D eigenvalue weighted by Crippen LogP contribution is -2.29. The number of para-hydroxylation sites is 2. The molecule has 0 amide bonds. The molecule has 0 aromatic heterocycles. The highest BCUT2D eigenvalue weighted by molar-refractivity contribution is 5.75. The van der Waals surface area contributed by atoms with Gasteiger partial charge in [0.05, 0.1) is 6.04 Å². The zero-order valence-corrected chi connectivity index (χ0v) is 22.4. The normalized spacial score (nSPS) is 18.0. The van der Waals surface area contributed by atoms with Crippen LogP contribution in [0.1, 0.15) is 19.8 Å². The Bertz CT molecular complexity index is 1490. The molecule has 2 atom stereocenters. The summed E-state index contributed by atoms with van der Waals surface area (Å²) in [5, 5.41) is 0. The van der Waals surface area contributed by atoms with Crippen molar-refractivity contribution < 1.29 is 0 Å². The number of nitrogens with zero attached hydrogens (tertiary/aromatic N) is 2. The van der Waals surface area contributed by atoms with Crippen LogP contribution in [0, 0.1) is 5.92 Å². The fourth-order valence-corrected chi connectivity index (χ4v) is 5.49. The van der Waals surface area contributed by atoms with E-state index in [1.807, 2.05) is 0 Å². The third kappa shape index (κ3) is 5.51. The van der Waals surface area contributed by atoms with E-state index >= 15 is 0 Å². The summed E-state index contributed by atoms with van der Waals surface area (Å²) in [6, 6.07) is 39.5. The number of rotatable bonds is 7. The Labute approximate surface area is 232 Å². The monoisotopic (exact) mass is 506 g/mol. The topological polar surface area (TPSA) is 6.48 Å². The number of allylic oxidation sites excluding steroid dienone is 5. The van der Waals surface area contributed by atoms with E-state index in [1.165, 1.54) is 39.6 Å².